The number of hydrogen-bond donors (Lipinski definition) is 2. The third-order valence-corrected chi connectivity index (χ3v) is 5.63. The topological polar surface area (TPSA) is 88.9 Å². The zero-order valence-corrected chi connectivity index (χ0v) is 15.9. The van der Waals surface area contributed by atoms with Gasteiger partial charge in [0.05, 0.1) is 13.0 Å². The van der Waals surface area contributed by atoms with Gasteiger partial charge in [-0.1, -0.05) is 40.5 Å². The quantitative estimate of drug-likeness (QED) is 0.674. The van der Waals surface area contributed by atoms with Crippen LogP contribution in [-0.2, 0) is 21.5 Å². The van der Waals surface area contributed by atoms with E-state index in [-0.39, 0.29) is 18.2 Å². The highest BCUT2D eigenvalue weighted by Gasteiger charge is 2.55. The van der Waals surface area contributed by atoms with Crippen molar-refractivity contribution < 1.29 is 9.59 Å². The van der Waals surface area contributed by atoms with Crippen LogP contribution in [0.2, 0.25) is 10.0 Å². The molecular weight excluding hydrogens is 401 g/mol. The lowest BCUT2D eigenvalue weighted by molar-refractivity contribution is -0.125. The summed E-state index contributed by atoms with van der Waals surface area (Å²) in [4.78, 5) is 25.6. The molecular formula is C19H13Cl2N5O2. The molecule has 9 heteroatoms. The Kier molecular flexibility index (Phi) is 3.72. The summed E-state index contributed by atoms with van der Waals surface area (Å²) in [6, 6.07) is 12.4. The van der Waals surface area contributed by atoms with Crippen molar-refractivity contribution in [3.63, 3.8) is 0 Å². The molecule has 0 radical (unpaired) electrons. The first-order valence-corrected chi connectivity index (χ1v) is 9.33. The Morgan fingerprint density at radius 2 is 1.79 bits per heavy atom. The number of carbonyl (C=O) groups is 2. The van der Waals surface area contributed by atoms with Gasteiger partial charge in [0.1, 0.15) is 11.1 Å². The molecule has 2 aromatic carbocycles. The molecule has 3 heterocycles. The average molecular weight is 414 g/mol. The minimum absolute atomic E-state index is 0.0567. The van der Waals surface area contributed by atoms with E-state index in [9.17, 15) is 9.59 Å². The predicted molar refractivity (Wildman–Crippen MR) is 105 cm³/mol. The van der Waals surface area contributed by atoms with Crippen LogP contribution in [0.15, 0.2) is 42.5 Å². The van der Waals surface area contributed by atoms with Gasteiger partial charge in [0.25, 0.3) is 0 Å². The number of benzene rings is 2. The molecule has 0 bridgehead atoms. The van der Waals surface area contributed by atoms with Crippen LogP contribution in [0.5, 0.6) is 0 Å². The molecule has 0 saturated carbocycles. The van der Waals surface area contributed by atoms with Gasteiger partial charge in [-0.25, -0.2) is 4.68 Å². The number of amides is 2. The van der Waals surface area contributed by atoms with Crippen molar-refractivity contribution in [2.75, 3.05) is 10.6 Å². The average Bonchev–Trinajstić information content (AvgIpc) is 3.18. The lowest BCUT2D eigenvalue weighted by Gasteiger charge is -2.30. The van der Waals surface area contributed by atoms with Gasteiger partial charge in [0.15, 0.2) is 5.82 Å². The number of nitrogens with zero attached hydrogens (tertiary/aromatic N) is 3. The van der Waals surface area contributed by atoms with E-state index >= 15 is 0 Å². The van der Waals surface area contributed by atoms with E-state index in [2.05, 4.69) is 20.9 Å². The Hall–Kier alpha value is -2.90. The molecule has 2 N–H and O–H groups in total. The molecule has 0 saturated heterocycles. The highest BCUT2D eigenvalue weighted by molar-refractivity contribution is 6.31. The van der Waals surface area contributed by atoms with Crippen LogP contribution in [0.4, 0.5) is 11.5 Å². The summed E-state index contributed by atoms with van der Waals surface area (Å²) in [5, 5.41) is 15.3. The second-order valence-electron chi connectivity index (χ2n) is 6.85. The molecule has 140 valence electrons. The van der Waals surface area contributed by atoms with Crippen LogP contribution in [0.1, 0.15) is 23.2 Å². The van der Waals surface area contributed by atoms with E-state index in [1.165, 1.54) is 0 Å². The fraction of sp³-hybridized carbons (Fsp3) is 0.158. The zero-order chi connectivity index (χ0) is 19.5. The molecule has 1 aromatic heterocycles. The Bertz CT molecular complexity index is 1140. The monoisotopic (exact) mass is 413 g/mol. The lowest BCUT2D eigenvalue weighted by atomic mass is 9.74. The summed E-state index contributed by atoms with van der Waals surface area (Å²) >= 11 is 12.1. The Morgan fingerprint density at radius 1 is 1.04 bits per heavy atom. The minimum Gasteiger partial charge on any atom is -0.325 e. The first kappa shape index (κ1) is 17.2. The number of anilines is 2. The molecule has 5 rings (SSSR count). The number of fused-ring (bicyclic) bond motifs is 4. The van der Waals surface area contributed by atoms with Crippen molar-refractivity contribution in [1.29, 1.82) is 0 Å². The Labute approximate surface area is 169 Å². The molecule has 2 amide bonds. The molecule has 7 nitrogen and oxygen atoms in total. The largest absolute Gasteiger partial charge is 0.325 e. The van der Waals surface area contributed by atoms with Crippen molar-refractivity contribution in [3.05, 3.63) is 69.3 Å². The highest BCUT2D eigenvalue weighted by Crippen LogP contribution is 2.49. The molecule has 1 spiro atoms. The molecule has 3 aromatic rings. The summed E-state index contributed by atoms with van der Waals surface area (Å²) in [6.07, 6.45) is -0.0567. The van der Waals surface area contributed by atoms with Crippen molar-refractivity contribution in [2.45, 2.75) is 18.4 Å². The van der Waals surface area contributed by atoms with Crippen molar-refractivity contribution in [3.8, 4) is 0 Å². The zero-order valence-electron chi connectivity index (χ0n) is 14.4. The standard InChI is InChI=1S/C19H13Cl2N5O2/c20-11-3-1-10(2-4-11)9-26-17-16(24-25-26)19(8-15(27)23-17)13-7-12(21)5-6-14(13)22-18(19)28/h1-7H,8-9H2,(H,22,28)(H,23,27)/t19-/m1/s1. The molecule has 0 aliphatic carbocycles. The lowest BCUT2D eigenvalue weighted by Crippen LogP contribution is -2.44. The molecule has 2 aliphatic heterocycles. The number of aromatic nitrogens is 3. The second kappa shape index (κ2) is 6.05. The summed E-state index contributed by atoms with van der Waals surface area (Å²) in [7, 11) is 0. The minimum atomic E-state index is -1.24. The second-order valence-corrected chi connectivity index (χ2v) is 7.72. The van der Waals surface area contributed by atoms with Gasteiger partial charge in [0.2, 0.25) is 11.8 Å². The van der Waals surface area contributed by atoms with Gasteiger partial charge in [-0.2, -0.15) is 0 Å². The maximum absolute atomic E-state index is 13.0. The third-order valence-electron chi connectivity index (χ3n) is 5.15. The van der Waals surface area contributed by atoms with E-state index in [1.807, 2.05) is 12.1 Å². The van der Waals surface area contributed by atoms with E-state index in [1.54, 1.807) is 35.0 Å². The number of nitrogens with one attached hydrogen (secondary N) is 2. The fourth-order valence-electron chi connectivity index (χ4n) is 3.84. The van der Waals surface area contributed by atoms with Crippen molar-refractivity contribution >= 4 is 46.5 Å². The number of hydrogen-bond acceptors (Lipinski definition) is 4. The van der Waals surface area contributed by atoms with Crippen LogP contribution in [0.25, 0.3) is 0 Å². The molecule has 1 atom stereocenters. The number of rotatable bonds is 2. The van der Waals surface area contributed by atoms with Crippen LogP contribution in [0, 0.1) is 0 Å². The third kappa shape index (κ3) is 2.43. The van der Waals surface area contributed by atoms with Crippen LogP contribution in [-0.4, -0.2) is 26.8 Å². The smallest absolute Gasteiger partial charge is 0.241 e. The summed E-state index contributed by atoms with van der Waals surface area (Å²) in [5.41, 5.74) is 1.38. The first-order valence-electron chi connectivity index (χ1n) is 8.57. The van der Waals surface area contributed by atoms with Crippen LogP contribution < -0.4 is 10.6 Å². The maximum Gasteiger partial charge on any atom is 0.241 e. The number of carbonyl (C=O) groups excluding carboxylic acids is 2. The Morgan fingerprint density at radius 3 is 2.57 bits per heavy atom. The van der Waals surface area contributed by atoms with E-state index in [0.29, 0.717) is 39.4 Å². The maximum atomic E-state index is 13.0. The van der Waals surface area contributed by atoms with Gasteiger partial charge >= 0.3 is 0 Å². The molecule has 2 aliphatic rings. The summed E-state index contributed by atoms with van der Waals surface area (Å²) in [5.74, 6) is -0.177. The van der Waals surface area contributed by atoms with E-state index in [4.69, 9.17) is 23.2 Å². The van der Waals surface area contributed by atoms with Crippen molar-refractivity contribution in [2.24, 2.45) is 0 Å². The molecule has 28 heavy (non-hydrogen) atoms. The highest BCUT2D eigenvalue weighted by atomic mass is 35.5. The molecule has 0 fully saturated rings. The van der Waals surface area contributed by atoms with Gasteiger partial charge in [-0.3, -0.25) is 9.59 Å². The van der Waals surface area contributed by atoms with Gasteiger partial charge in [0, 0.05) is 15.7 Å². The van der Waals surface area contributed by atoms with Gasteiger partial charge in [-0.15, -0.1) is 5.10 Å². The SMILES string of the molecule is O=C1C[C@]2(C(=O)Nc3ccc(Cl)cc32)c2nnn(Cc3ccc(Cl)cc3)c2N1. The van der Waals surface area contributed by atoms with Gasteiger partial charge in [-0.05, 0) is 41.5 Å². The van der Waals surface area contributed by atoms with E-state index in [0.717, 1.165) is 5.56 Å². The molecule has 0 unspecified atom stereocenters. The Balaban J connectivity index is 1.65. The summed E-state index contributed by atoms with van der Waals surface area (Å²) < 4.78 is 1.58. The van der Waals surface area contributed by atoms with Crippen LogP contribution in [0.3, 0.4) is 0 Å². The van der Waals surface area contributed by atoms with Crippen molar-refractivity contribution in [1.82, 2.24) is 15.0 Å². The summed E-state index contributed by atoms with van der Waals surface area (Å²) in [6.45, 7) is 0.375. The van der Waals surface area contributed by atoms with Crippen LogP contribution >= 0.6 is 23.2 Å². The fourth-order valence-corrected chi connectivity index (χ4v) is 4.14. The van der Waals surface area contributed by atoms with E-state index < -0.39 is 5.41 Å². The normalized spacial score (nSPS) is 19.9. The number of halogens is 2. The van der Waals surface area contributed by atoms with Gasteiger partial charge < -0.3 is 10.6 Å². The predicted octanol–water partition coefficient (Wildman–Crippen LogP) is 3.21. The first-order chi connectivity index (χ1) is 13.5.